The molecule has 0 aliphatic carbocycles. The van der Waals surface area contributed by atoms with E-state index in [0.717, 1.165) is 84.0 Å². The maximum atomic E-state index is 14.6. The van der Waals surface area contributed by atoms with E-state index in [4.69, 9.17) is 90.9 Å². The molecule has 6 aliphatic heterocycles. The van der Waals surface area contributed by atoms with Crippen LogP contribution in [0.3, 0.4) is 0 Å². The molecule has 0 spiro atoms. The van der Waals surface area contributed by atoms with Crippen LogP contribution >= 0.6 is 46.9 Å². The lowest BCUT2D eigenvalue weighted by Gasteiger charge is -2.26. The zero-order valence-corrected chi connectivity index (χ0v) is 70.4. The number of phosphoric ester groups is 6. The molecule has 692 valence electrons. The summed E-state index contributed by atoms with van der Waals surface area (Å²) >= 11 is 0. The summed E-state index contributed by atoms with van der Waals surface area (Å²) in [5.41, 5.74) is 11.9. The van der Waals surface area contributed by atoms with Crippen molar-refractivity contribution in [3.63, 3.8) is 0 Å². The molecular weight excluding hydrogens is 1840 g/mol. The van der Waals surface area contributed by atoms with Gasteiger partial charge in [-0.15, -0.1) is 0 Å². The van der Waals surface area contributed by atoms with Crippen molar-refractivity contribution in [3.05, 3.63) is 136 Å². The fourth-order valence-corrected chi connectivity index (χ4v) is 19.6. The van der Waals surface area contributed by atoms with Crippen molar-refractivity contribution in [2.45, 2.75) is 169 Å². The minimum atomic E-state index is -5.90. The number of aromatic amines is 3. The predicted octanol–water partition coefficient (Wildman–Crippen LogP) is -4.55. The van der Waals surface area contributed by atoms with E-state index in [2.05, 4.69) is 54.4 Å². The van der Waals surface area contributed by atoms with Gasteiger partial charge in [0.15, 0.2) is 53.1 Å². The minimum absolute atomic E-state index is 0.00583. The lowest BCUT2D eigenvalue weighted by molar-refractivity contribution is -0.0652. The van der Waals surface area contributed by atoms with Crippen molar-refractivity contribution in [1.29, 1.82) is 0 Å². The molecule has 61 nitrogen and oxygen atoms in total. The number of aromatic nitrogens is 18. The van der Waals surface area contributed by atoms with Gasteiger partial charge in [0.25, 0.3) is 16.7 Å². The van der Waals surface area contributed by atoms with Gasteiger partial charge >= 0.3 is 64.0 Å². The van der Waals surface area contributed by atoms with E-state index in [1.807, 2.05) is 9.97 Å². The highest BCUT2D eigenvalue weighted by atomic mass is 31.2. The molecule has 15 heterocycles. The number of phosphoric acid groups is 6. The number of anilines is 3. The van der Waals surface area contributed by atoms with Gasteiger partial charge < -0.3 is 100 Å². The number of nitrogens with one attached hydrogen (secondary N) is 3. The summed E-state index contributed by atoms with van der Waals surface area (Å²) in [5, 5.41) is 46.6. The number of nitrogens with zero attached hydrogens (tertiary/aromatic N) is 15. The normalized spacial score (nSPS) is 30.6. The van der Waals surface area contributed by atoms with Crippen LogP contribution in [-0.2, 0) is 106 Å². The highest BCUT2D eigenvalue weighted by Crippen LogP contribution is 2.57. The van der Waals surface area contributed by atoms with E-state index >= 15 is 0 Å². The lowest BCUT2D eigenvalue weighted by atomic mass is 10.1. The van der Waals surface area contributed by atoms with Crippen LogP contribution in [0.1, 0.15) is 73.3 Å². The van der Waals surface area contributed by atoms with Crippen LogP contribution in [0.25, 0.3) is 33.5 Å². The number of nitrogen functional groups attached to an aromatic ring is 3. The third kappa shape index (κ3) is 20.3. The summed E-state index contributed by atoms with van der Waals surface area (Å²) in [6, 6.07) is 0. The van der Waals surface area contributed by atoms with Crippen molar-refractivity contribution in [2.75, 3.05) is 56.8 Å². The number of hydrogen-bond donors (Lipinski definition) is 17. The fourth-order valence-electron chi connectivity index (χ4n) is 14.5. The summed E-state index contributed by atoms with van der Waals surface area (Å²) in [5.74, 6) is -0.490. The number of aliphatic hydroxyl groups is 4. The van der Waals surface area contributed by atoms with Gasteiger partial charge in [-0.25, -0.2) is 86.6 Å². The van der Waals surface area contributed by atoms with Gasteiger partial charge in [-0.05, 0) is 20.8 Å². The van der Waals surface area contributed by atoms with Crippen molar-refractivity contribution >= 4 is 97.9 Å². The quantitative estimate of drug-likeness (QED) is 0.0169. The number of aryl methyl sites for hydroxylation is 3. The van der Waals surface area contributed by atoms with E-state index in [1.165, 1.54) is 20.8 Å². The minimum Gasteiger partial charge on any atom is -0.390 e. The Morgan fingerprint density at radius 2 is 0.646 bits per heavy atom. The Morgan fingerprint density at radius 1 is 0.370 bits per heavy atom. The number of ether oxygens (including phenoxy) is 6. The Bertz CT molecular complexity index is 6350. The Morgan fingerprint density at radius 3 is 0.961 bits per heavy atom. The Kier molecular flexibility index (Phi) is 26.6. The van der Waals surface area contributed by atoms with Gasteiger partial charge in [-0.2, -0.15) is 0 Å². The molecule has 20 N–H and O–H groups in total. The van der Waals surface area contributed by atoms with Crippen molar-refractivity contribution in [2.24, 2.45) is 0 Å². The average molecular weight is 1920 g/mol. The number of H-pyrrole nitrogens is 3. The standard InChI is InChI=1S/C60H77N21O40P6/c1-22-7-76(58(89)73-52(22)86)34-4-25(82)28(111-34)10-106-125(99,100)120-44-32(115-56(41(44)84)80-20-71-38-47(62)65-17-68-50(38)80)14-109-123(95,96)118-27-6-36(78-9-24(3)54(88)75-60(78)91)113-30(27)12-108-127(103,104)121-45-33(116-57(42(45)85)81-21-72-39-48(63)66-18-69-51(39)81)15-110-124(97,98)117-26-5-35(77-8-23(2)53(87)74-59(77)90)112-29(26)11-107-126(101,102)119-43-31(13-105-122(92,93)94)114-55(40(43)83)79-19-70-37-46(61)64-16-67-49(37)79/h7-9,16-21,25-36,40-45,55-57,82-85H,4-6,10-15H2,1-3H3,(H,95,96)(H,97,98)(H,99,100)(H,101,102)(H,103,104)(H2,61,64,67)(H2,62,65,68)(H2,63,66,69)(H,73,86,89)(H,74,87,90)(H,75,88,91)(H2,92,93,94)/t25-,26-,27-,28+,29+,30+,31+,32+,33+,34+,35+,36+,40+,41+,42+,43+,44+,45+,55+,56+,57+/m0/s1. The summed E-state index contributed by atoms with van der Waals surface area (Å²) < 4.78 is 183. The average Bonchev–Trinajstić information content (AvgIpc) is 1.62. The molecule has 67 heteroatoms. The first-order valence-corrected chi connectivity index (χ1v) is 46.2. The molecule has 6 fully saturated rings. The molecule has 0 radical (unpaired) electrons. The largest absolute Gasteiger partial charge is 0.472 e. The lowest BCUT2D eigenvalue weighted by Crippen LogP contribution is -2.37. The maximum absolute atomic E-state index is 14.6. The fraction of sp³-hybridized carbons (Fsp3) is 0.550. The van der Waals surface area contributed by atoms with Gasteiger partial charge in [0.2, 0.25) is 0 Å². The third-order valence-corrected chi connectivity index (χ3v) is 26.0. The van der Waals surface area contributed by atoms with E-state index in [-0.39, 0.29) is 74.1 Å². The molecule has 0 saturated carbocycles. The van der Waals surface area contributed by atoms with Crippen LogP contribution in [0.4, 0.5) is 17.5 Å². The topological polar surface area (TPSA) is 855 Å². The molecule has 6 aliphatic rings. The third-order valence-electron chi connectivity index (χ3n) is 20.6. The zero-order valence-electron chi connectivity index (χ0n) is 65.1. The first-order valence-electron chi connectivity index (χ1n) is 37.2. The molecule has 5 unspecified atom stereocenters. The smallest absolute Gasteiger partial charge is 0.390 e. The molecule has 26 atom stereocenters. The number of fused-ring (bicyclic) bond motifs is 3. The van der Waals surface area contributed by atoms with Crippen LogP contribution in [0.15, 0.2) is 85.3 Å². The summed E-state index contributed by atoms with van der Waals surface area (Å²) in [6.45, 7) is -3.18. The second-order valence-electron chi connectivity index (χ2n) is 29.1. The number of imidazole rings is 3. The van der Waals surface area contributed by atoms with E-state index in [1.54, 1.807) is 0 Å². The van der Waals surface area contributed by atoms with Gasteiger partial charge in [-0.1, -0.05) is 0 Å². The molecule has 15 rings (SSSR count). The molecule has 0 bridgehead atoms. The van der Waals surface area contributed by atoms with Gasteiger partial charge in [0, 0.05) is 54.5 Å². The highest BCUT2D eigenvalue weighted by molar-refractivity contribution is 7.48. The first-order chi connectivity index (χ1) is 59.8. The molecule has 0 amide bonds. The maximum Gasteiger partial charge on any atom is 0.472 e. The molecule has 0 aromatic carbocycles. The monoisotopic (exact) mass is 1920 g/mol. The van der Waals surface area contributed by atoms with Crippen LogP contribution in [-0.4, -0.2) is 273 Å². The van der Waals surface area contributed by atoms with Gasteiger partial charge in [0.1, 0.15) is 140 Å². The number of aliphatic hydroxyl groups excluding tert-OH is 4. The zero-order chi connectivity index (χ0) is 91.2. The van der Waals surface area contributed by atoms with Crippen molar-refractivity contribution in [1.82, 2.24) is 87.2 Å². The number of nitrogens with two attached hydrogens (primary N) is 3. The van der Waals surface area contributed by atoms with Crippen molar-refractivity contribution in [3.8, 4) is 0 Å². The molecule has 9 aromatic rings. The second-order valence-corrected chi connectivity index (χ2v) is 37.4. The van der Waals surface area contributed by atoms with Crippen LogP contribution in [0, 0.1) is 20.8 Å². The Balaban J connectivity index is 0.649. The van der Waals surface area contributed by atoms with Crippen LogP contribution < -0.4 is 50.9 Å². The molecular formula is C60H77N21O40P6. The van der Waals surface area contributed by atoms with E-state index in [9.17, 15) is 111 Å². The first kappa shape index (κ1) is 93.0. The van der Waals surface area contributed by atoms with Crippen LogP contribution in [0.2, 0.25) is 0 Å². The SMILES string of the molecule is Cc1cn([C@H]2C[C@H](OP(=O)(O)OC[C@H]3O[C@@H](n4cnc5c(N)ncnc54)[C@H](O)[C@@H]3OP(=O)(O)OC[C@H]3O[C@@H](n4cc(C)c(=O)[nH]c4=O)C[C@@H]3OP(=O)(O)OC[C@H]3O[C@@H](n4cnc5c(N)ncnc54)[C@H](O)[C@@H]3OP(=O)(O)OC[C@H]3O[C@@H](n4cc(C)c(=O)[nH]c4=O)C[C@@H]3O)[C@@H](COP(=O)(O)O[C@H]3[C@@H](O)[C@H](n4cnc5c(N)ncnc54)O[C@@H]3COP(=O)(O)O)O2)c(=O)[nH]c1=O. The number of rotatable bonds is 34. The number of hydrogen-bond acceptors (Lipinski definition) is 45. The summed E-state index contributed by atoms with van der Waals surface area (Å²) in [6.07, 6.45) is -31.4. The highest BCUT2D eigenvalue weighted by Gasteiger charge is 2.56. The van der Waals surface area contributed by atoms with Gasteiger partial charge in [-0.3, -0.25) is 106 Å². The van der Waals surface area contributed by atoms with E-state index in [0.29, 0.717) is 0 Å². The molecule has 9 aromatic heterocycles. The van der Waals surface area contributed by atoms with Crippen LogP contribution in [0.5, 0.6) is 0 Å². The van der Waals surface area contributed by atoms with Gasteiger partial charge in [0.05, 0.1) is 64.7 Å². The molecule has 6 saturated heterocycles. The molecule has 127 heavy (non-hydrogen) atoms. The Labute approximate surface area is 704 Å². The Hall–Kier alpha value is -8.65. The second kappa shape index (κ2) is 36.2. The summed E-state index contributed by atoms with van der Waals surface area (Å²) in [4.78, 5) is 196. The predicted molar refractivity (Wildman–Crippen MR) is 410 cm³/mol. The van der Waals surface area contributed by atoms with Crippen molar-refractivity contribution < 1.29 is 160 Å². The van der Waals surface area contributed by atoms with E-state index < -0.39 is 262 Å². The summed E-state index contributed by atoms with van der Waals surface area (Å²) in [7, 11) is -34.0.